The summed E-state index contributed by atoms with van der Waals surface area (Å²) in [6.07, 6.45) is 3.29. The minimum atomic E-state index is -3.67. The number of nitrogens with two attached hydrogens (primary N) is 1. The van der Waals surface area contributed by atoms with E-state index in [2.05, 4.69) is 20.6 Å². The van der Waals surface area contributed by atoms with Crippen LogP contribution in [0.1, 0.15) is 18.1 Å². The van der Waals surface area contributed by atoms with Crippen molar-refractivity contribution in [3.05, 3.63) is 65.6 Å². The summed E-state index contributed by atoms with van der Waals surface area (Å²) in [6, 6.07) is 11.2. The summed E-state index contributed by atoms with van der Waals surface area (Å²) in [5.74, 6) is 0.448. The van der Waals surface area contributed by atoms with Gasteiger partial charge >= 0.3 is 0 Å². The number of fused-ring (bicyclic) bond motifs is 1. The Morgan fingerprint density at radius 1 is 1.13 bits per heavy atom. The fraction of sp³-hybridized carbons (Fsp3) is 0.286. The lowest BCUT2D eigenvalue weighted by atomic mass is 10.1. The van der Waals surface area contributed by atoms with Crippen LogP contribution in [-0.2, 0) is 22.9 Å². The zero-order chi connectivity index (χ0) is 21.6. The van der Waals surface area contributed by atoms with Crippen molar-refractivity contribution in [2.75, 3.05) is 19.6 Å². The van der Waals surface area contributed by atoms with Gasteiger partial charge in [0.05, 0.1) is 4.90 Å². The van der Waals surface area contributed by atoms with Gasteiger partial charge in [-0.1, -0.05) is 12.1 Å². The summed E-state index contributed by atoms with van der Waals surface area (Å²) in [7, 11) is -3.67. The lowest BCUT2D eigenvalue weighted by Gasteiger charge is -2.11. The summed E-state index contributed by atoms with van der Waals surface area (Å²) >= 11 is 0. The van der Waals surface area contributed by atoms with Crippen LogP contribution in [0.2, 0.25) is 0 Å². The van der Waals surface area contributed by atoms with Crippen LogP contribution in [-0.4, -0.2) is 39.0 Å². The highest BCUT2D eigenvalue weighted by atomic mass is 32.2. The van der Waals surface area contributed by atoms with E-state index >= 15 is 0 Å². The van der Waals surface area contributed by atoms with Gasteiger partial charge in [-0.2, -0.15) is 0 Å². The monoisotopic (exact) mass is 431 g/mol. The van der Waals surface area contributed by atoms with Crippen LogP contribution in [0.5, 0.6) is 0 Å². The molecule has 30 heavy (non-hydrogen) atoms. The molecule has 0 unspecified atom stereocenters. The van der Waals surface area contributed by atoms with E-state index in [0.29, 0.717) is 31.9 Å². The van der Waals surface area contributed by atoms with Crippen LogP contribution < -0.4 is 15.8 Å². The standard InChI is InChI=1S/C21H26FN5O2S/c1-2-24-21(25-11-9-15-3-6-18(7-4-15)30(23,28)29)26-12-10-16-14-27-20-8-5-17(22)13-19(16)20/h3-8,13-14,27H,2,9-12H2,1H3,(H2,23,28,29)(H2,24,25,26). The third-order valence-corrected chi connectivity index (χ3v) is 5.61. The largest absolute Gasteiger partial charge is 0.361 e. The minimum Gasteiger partial charge on any atom is -0.361 e. The molecule has 7 nitrogen and oxygen atoms in total. The fourth-order valence-electron chi connectivity index (χ4n) is 3.16. The van der Waals surface area contributed by atoms with Crippen LogP contribution in [0.4, 0.5) is 4.39 Å². The lowest BCUT2D eigenvalue weighted by molar-refractivity contribution is 0.597. The quantitative estimate of drug-likeness (QED) is 0.324. The van der Waals surface area contributed by atoms with Crippen molar-refractivity contribution in [1.82, 2.24) is 15.6 Å². The van der Waals surface area contributed by atoms with Crippen molar-refractivity contribution in [3.8, 4) is 0 Å². The second kappa shape index (κ2) is 9.73. The average molecular weight is 432 g/mol. The van der Waals surface area contributed by atoms with Crippen LogP contribution in [0.3, 0.4) is 0 Å². The van der Waals surface area contributed by atoms with Crippen LogP contribution in [0.25, 0.3) is 10.9 Å². The molecule has 0 aliphatic rings. The van der Waals surface area contributed by atoms with E-state index in [-0.39, 0.29) is 10.7 Å². The van der Waals surface area contributed by atoms with Gasteiger partial charge in [0.25, 0.3) is 0 Å². The summed E-state index contributed by atoms with van der Waals surface area (Å²) in [5.41, 5.74) is 2.93. The number of H-pyrrole nitrogens is 1. The number of guanidine groups is 1. The van der Waals surface area contributed by atoms with E-state index in [4.69, 9.17) is 5.14 Å². The molecule has 9 heteroatoms. The highest BCUT2D eigenvalue weighted by Gasteiger charge is 2.07. The highest BCUT2D eigenvalue weighted by Crippen LogP contribution is 2.19. The predicted molar refractivity (Wildman–Crippen MR) is 117 cm³/mol. The van der Waals surface area contributed by atoms with Crippen LogP contribution in [0, 0.1) is 5.82 Å². The summed E-state index contributed by atoms with van der Waals surface area (Å²) in [4.78, 5) is 7.84. The number of halogens is 1. The lowest BCUT2D eigenvalue weighted by Crippen LogP contribution is -2.38. The maximum Gasteiger partial charge on any atom is 0.238 e. The number of aromatic nitrogens is 1. The first kappa shape index (κ1) is 21.8. The van der Waals surface area contributed by atoms with Crippen molar-refractivity contribution < 1.29 is 12.8 Å². The van der Waals surface area contributed by atoms with E-state index in [1.807, 2.05) is 13.1 Å². The molecule has 1 heterocycles. The Bertz CT molecular complexity index is 1120. The van der Waals surface area contributed by atoms with Gasteiger partial charge in [-0.3, -0.25) is 4.99 Å². The van der Waals surface area contributed by atoms with E-state index in [1.54, 1.807) is 18.2 Å². The van der Waals surface area contributed by atoms with Gasteiger partial charge < -0.3 is 15.6 Å². The number of sulfonamides is 1. The molecular formula is C21H26FN5O2S. The zero-order valence-electron chi connectivity index (χ0n) is 16.8. The molecule has 1 aromatic heterocycles. The molecule has 0 bridgehead atoms. The van der Waals surface area contributed by atoms with Gasteiger partial charge in [-0.25, -0.2) is 17.9 Å². The van der Waals surface area contributed by atoms with Crippen molar-refractivity contribution >= 4 is 26.9 Å². The van der Waals surface area contributed by atoms with Crippen LogP contribution in [0.15, 0.2) is 58.5 Å². The van der Waals surface area contributed by atoms with Crippen molar-refractivity contribution in [1.29, 1.82) is 0 Å². The first-order valence-electron chi connectivity index (χ1n) is 9.76. The Kier molecular flexibility index (Phi) is 7.07. The molecule has 5 N–H and O–H groups in total. The fourth-order valence-corrected chi connectivity index (χ4v) is 3.67. The number of hydrogen-bond acceptors (Lipinski definition) is 3. The Balaban J connectivity index is 1.54. The Morgan fingerprint density at radius 3 is 2.60 bits per heavy atom. The van der Waals surface area contributed by atoms with Gasteiger partial charge in [-0.15, -0.1) is 0 Å². The number of hydrogen-bond donors (Lipinski definition) is 4. The Hall–Kier alpha value is -2.91. The molecule has 0 aliphatic heterocycles. The molecule has 0 amide bonds. The second-order valence-corrected chi connectivity index (χ2v) is 8.44. The smallest absolute Gasteiger partial charge is 0.238 e. The molecule has 0 saturated carbocycles. The first-order valence-corrected chi connectivity index (χ1v) is 11.3. The zero-order valence-corrected chi connectivity index (χ0v) is 17.6. The number of nitrogens with zero attached hydrogens (tertiary/aromatic N) is 1. The van der Waals surface area contributed by atoms with Crippen molar-refractivity contribution in [2.45, 2.75) is 24.7 Å². The summed E-state index contributed by atoms with van der Waals surface area (Å²) < 4.78 is 36.1. The molecule has 0 spiro atoms. The average Bonchev–Trinajstić information content (AvgIpc) is 3.10. The summed E-state index contributed by atoms with van der Waals surface area (Å²) in [5, 5.41) is 12.5. The number of rotatable bonds is 8. The van der Waals surface area contributed by atoms with Crippen LogP contribution >= 0.6 is 0 Å². The van der Waals surface area contributed by atoms with E-state index in [9.17, 15) is 12.8 Å². The molecule has 0 radical (unpaired) electrons. The molecule has 3 aromatic rings. The van der Waals surface area contributed by atoms with E-state index < -0.39 is 10.0 Å². The van der Waals surface area contributed by atoms with Crippen molar-refractivity contribution in [3.63, 3.8) is 0 Å². The van der Waals surface area contributed by atoms with Gasteiger partial charge in [-0.05, 0) is 61.2 Å². The van der Waals surface area contributed by atoms with E-state index in [1.165, 1.54) is 24.3 Å². The topological polar surface area (TPSA) is 112 Å². The number of aliphatic imine (C=N–C) groups is 1. The molecule has 0 atom stereocenters. The predicted octanol–water partition coefficient (Wildman–Crippen LogP) is 2.29. The van der Waals surface area contributed by atoms with Gasteiger partial charge in [0.15, 0.2) is 5.96 Å². The van der Waals surface area contributed by atoms with E-state index in [0.717, 1.165) is 28.6 Å². The number of benzene rings is 2. The maximum absolute atomic E-state index is 13.5. The van der Waals surface area contributed by atoms with Crippen molar-refractivity contribution in [2.24, 2.45) is 10.1 Å². The third kappa shape index (κ3) is 5.80. The number of primary sulfonamides is 1. The molecule has 0 fully saturated rings. The highest BCUT2D eigenvalue weighted by molar-refractivity contribution is 7.89. The van der Waals surface area contributed by atoms with Gasteiger partial charge in [0.2, 0.25) is 10.0 Å². The molecule has 160 valence electrons. The molecule has 0 aliphatic carbocycles. The maximum atomic E-state index is 13.5. The first-order chi connectivity index (χ1) is 14.4. The molecule has 2 aromatic carbocycles. The SMILES string of the molecule is CCNC(=NCCc1c[nH]c2ccc(F)cc12)NCCc1ccc(S(N)(=O)=O)cc1. The normalized spacial score (nSPS) is 12.3. The minimum absolute atomic E-state index is 0.103. The summed E-state index contributed by atoms with van der Waals surface area (Å²) in [6.45, 7) is 3.92. The molecular weight excluding hydrogens is 405 g/mol. The second-order valence-electron chi connectivity index (χ2n) is 6.88. The number of nitrogens with one attached hydrogen (secondary N) is 3. The van der Waals surface area contributed by atoms with Gasteiger partial charge in [0, 0.05) is 36.7 Å². The van der Waals surface area contributed by atoms with Gasteiger partial charge in [0.1, 0.15) is 5.82 Å². The third-order valence-electron chi connectivity index (χ3n) is 4.68. The molecule has 3 rings (SSSR count). The Morgan fingerprint density at radius 2 is 1.90 bits per heavy atom. The number of aromatic amines is 1. The molecule has 0 saturated heterocycles. The Labute approximate surface area is 175 Å².